The Morgan fingerprint density at radius 3 is 2.89 bits per heavy atom. The van der Waals surface area contributed by atoms with Gasteiger partial charge in [-0.1, -0.05) is 11.3 Å². The van der Waals surface area contributed by atoms with E-state index in [0.717, 1.165) is 0 Å². The number of anilines is 1. The van der Waals surface area contributed by atoms with Gasteiger partial charge in [-0.2, -0.15) is 0 Å². The van der Waals surface area contributed by atoms with E-state index in [0.29, 0.717) is 23.2 Å². The summed E-state index contributed by atoms with van der Waals surface area (Å²) in [6.45, 7) is 0.189. The van der Waals surface area contributed by atoms with Gasteiger partial charge < -0.3 is 10.2 Å². The van der Waals surface area contributed by atoms with Crippen molar-refractivity contribution >= 4 is 29.3 Å². The number of hydrogen-bond donors (Lipinski definition) is 2. The van der Waals surface area contributed by atoms with E-state index in [-0.39, 0.29) is 37.2 Å². The van der Waals surface area contributed by atoms with Crippen molar-refractivity contribution in [2.45, 2.75) is 32.0 Å². The van der Waals surface area contributed by atoms with Gasteiger partial charge in [0.05, 0.1) is 6.20 Å². The van der Waals surface area contributed by atoms with Crippen molar-refractivity contribution in [3.05, 3.63) is 41.7 Å². The van der Waals surface area contributed by atoms with E-state index in [1.165, 1.54) is 15.8 Å². The average Bonchev–Trinajstić information content (AvgIpc) is 3.24. The molecule has 1 atom stereocenters. The van der Waals surface area contributed by atoms with Crippen molar-refractivity contribution in [2.75, 3.05) is 5.32 Å². The Kier molecular flexibility index (Phi) is 4.15. The Morgan fingerprint density at radius 1 is 1.30 bits per heavy atom. The number of benzene rings is 1. The van der Waals surface area contributed by atoms with E-state index in [4.69, 9.17) is 0 Å². The molecular formula is C17H16N6O4. The largest absolute Gasteiger partial charge is 0.324 e. The zero-order valence-electron chi connectivity index (χ0n) is 14.2. The number of nitrogens with zero attached hydrogens (tertiary/aromatic N) is 4. The number of aromatic nitrogens is 3. The molecule has 2 aromatic rings. The van der Waals surface area contributed by atoms with Gasteiger partial charge in [-0.15, -0.1) is 5.10 Å². The van der Waals surface area contributed by atoms with Crippen molar-refractivity contribution in [1.29, 1.82) is 0 Å². The summed E-state index contributed by atoms with van der Waals surface area (Å²) in [4.78, 5) is 49.9. The predicted octanol–water partition coefficient (Wildman–Crippen LogP) is -0.322. The summed E-state index contributed by atoms with van der Waals surface area (Å²) in [5.74, 6) is -1.39. The summed E-state index contributed by atoms with van der Waals surface area (Å²) < 4.78 is 1.39. The molecule has 0 spiro atoms. The number of hydrogen-bond acceptors (Lipinski definition) is 6. The summed E-state index contributed by atoms with van der Waals surface area (Å²) in [6, 6.07) is 4.35. The molecule has 0 saturated carbocycles. The van der Waals surface area contributed by atoms with Crippen molar-refractivity contribution < 1.29 is 19.2 Å². The molecule has 1 aromatic heterocycles. The Hall–Kier alpha value is -3.56. The molecule has 2 aliphatic rings. The maximum absolute atomic E-state index is 12.7. The summed E-state index contributed by atoms with van der Waals surface area (Å²) in [5.41, 5.74) is 1.61. The molecule has 4 amide bonds. The second kappa shape index (κ2) is 6.63. The molecule has 0 radical (unpaired) electrons. The van der Waals surface area contributed by atoms with Crippen molar-refractivity contribution in [3.63, 3.8) is 0 Å². The number of fused-ring (bicyclic) bond motifs is 1. The first kappa shape index (κ1) is 16.9. The minimum Gasteiger partial charge on any atom is -0.324 e. The van der Waals surface area contributed by atoms with Gasteiger partial charge in [-0.25, -0.2) is 4.68 Å². The Balaban J connectivity index is 1.53. The van der Waals surface area contributed by atoms with Crippen LogP contribution >= 0.6 is 0 Å². The first-order valence-corrected chi connectivity index (χ1v) is 8.43. The second-order valence-electron chi connectivity index (χ2n) is 6.38. The lowest BCUT2D eigenvalue weighted by Gasteiger charge is -2.29. The van der Waals surface area contributed by atoms with Crippen LogP contribution in [-0.2, 0) is 27.5 Å². The number of imide groups is 1. The molecular weight excluding hydrogens is 352 g/mol. The smallest absolute Gasteiger partial charge is 0.255 e. The number of carbonyl (C=O) groups excluding carboxylic acids is 4. The average molecular weight is 368 g/mol. The summed E-state index contributed by atoms with van der Waals surface area (Å²) in [6.07, 6.45) is 3.53. The van der Waals surface area contributed by atoms with Crippen LogP contribution in [0.5, 0.6) is 0 Å². The highest BCUT2D eigenvalue weighted by Crippen LogP contribution is 2.32. The summed E-state index contributed by atoms with van der Waals surface area (Å²) >= 11 is 0. The van der Waals surface area contributed by atoms with E-state index in [1.54, 1.807) is 24.4 Å². The zero-order valence-corrected chi connectivity index (χ0v) is 14.2. The molecule has 10 nitrogen and oxygen atoms in total. The molecule has 10 heteroatoms. The van der Waals surface area contributed by atoms with Gasteiger partial charge in [-0.3, -0.25) is 24.5 Å². The van der Waals surface area contributed by atoms with Gasteiger partial charge >= 0.3 is 0 Å². The lowest BCUT2D eigenvalue weighted by atomic mass is 10.0. The second-order valence-corrected chi connectivity index (χ2v) is 6.38. The van der Waals surface area contributed by atoms with Gasteiger partial charge in [-0.05, 0) is 18.6 Å². The molecule has 4 rings (SSSR count). The third-order valence-corrected chi connectivity index (χ3v) is 4.63. The van der Waals surface area contributed by atoms with Crippen LogP contribution in [0.15, 0.2) is 30.6 Å². The zero-order chi connectivity index (χ0) is 19.0. The molecule has 1 unspecified atom stereocenters. The highest BCUT2D eigenvalue weighted by Gasteiger charge is 2.39. The summed E-state index contributed by atoms with van der Waals surface area (Å²) in [7, 11) is 0. The normalized spacial score (nSPS) is 19.0. The highest BCUT2D eigenvalue weighted by atomic mass is 16.2. The van der Waals surface area contributed by atoms with Crippen LogP contribution in [0.2, 0.25) is 0 Å². The number of carbonyl (C=O) groups is 4. The van der Waals surface area contributed by atoms with Gasteiger partial charge in [0.25, 0.3) is 5.91 Å². The van der Waals surface area contributed by atoms with Crippen LogP contribution < -0.4 is 10.6 Å². The van der Waals surface area contributed by atoms with Crippen LogP contribution in [-0.4, -0.2) is 49.6 Å². The molecule has 0 bridgehead atoms. The third-order valence-electron chi connectivity index (χ3n) is 4.63. The lowest BCUT2D eigenvalue weighted by molar-refractivity contribution is -0.137. The number of nitrogens with one attached hydrogen (secondary N) is 2. The van der Waals surface area contributed by atoms with Crippen LogP contribution in [0.25, 0.3) is 0 Å². The topological polar surface area (TPSA) is 126 Å². The van der Waals surface area contributed by atoms with Gasteiger partial charge in [0, 0.05) is 36.0 Å². The van der Waals surface area contributed by atoms with Crippen molar-refractivity contribution in [2.24, 2.45) is 0 Å². The van der Waals surface area contributed by atoms with Gasteiger partial charge in [0.1, 0.15) is 12.6 Å². The molecule has 27 heavy (non-hydrogen) atoms. The maximum Gasteiger partial charge on any atom is 0.255 e. The fraction of sp³-hybridized carbons (Fsp3) is 0.294. The summed E-state index contributed by atoms with van der Waals surface area (Å²) in [5, 5.41) is 12.4. The van der Waals surface area contributed by atoms with Crippen LogP contribution in [0.3, 0.4) is 0 Å². The molecule has 0 aliphatic carbocycles. The fourth-order valence-corrected chi connectivity index (χ4v) is 3.36. The van der Waals surface area contributed by atoms with Gasteiger partial charge in [0.15, 0.2) is 0 Å². The van der Waals surface area contributed by atoms with E-state index in [2.05, 4.69) is 20.9 Å². The van der Waals surface area contributed by atoms with Crippen molar-refractivity contribution in [1.82, 2.24) is 25.2 Å². The lowest BCUT2D eigenvalue weighted by Crippen LogP contribution is -2.52. The highest BCUT2D eigenvalue weighted by molar-refractivity contribution is 6.06. The molecule has 1 saturated heterocycles. The maximum atomic E-state index is 12.7. The number of rotatable bonds is 4. The minimum atomic E-state index is -0.693. The third kappa shape index (κ3) is 3.16. The molecule has 3 heterocycles. The van der Waals surface area contributed by atoms with E-state index in [9.17, 15) is 19.2 Å². The Bertz CT molecular complexity index is 939. The van der Waals surface area contributed by atoms with E-state index < -0.39 is 11.9 Å². The monoisotopic (exact) mass is 368 g/mol. The first-order valence-electron chi connectivity index (χ1n) is 8.43. The molecule has 1 aromatic carbocycles. The molecule has 138 valence electrons. The quantitative estimate of drug-likeness (QED) is 0.712. The Labute approximate surface area is 153 Å². The van der Waals surface area contributed by atoms with Crippen LogP contribution in [0.4, 0.5) is 5.69 Å². The standard InChI is InChI=1S/C17H16N6O4/c24-14-5-4-13(16(26)20-14)23-8-11-10(17(23)27)2-1-3-12(11)19-15(25)9-22-7-6-18-21-22/h1-3,6-7,13H,4-5,8-9H2,(H,19,25)(H,20,24,26). The predicted molar refractivity (Wildman–Crippen MR) is 91.1 cm³/mol. The number of piperidine rings is 1. The van der Waals surface area contributed by atoms with Crippen molar-refractivity contribution in [3.8, 4) is 0 Å². The SMILES string of the molecule is O=C1CCC(N2Cc3c(NC(=O)Cn4ccnn4)cccc3C2=O)C(=O)N1. The molecule has 1 fully saturated rings. The molecule has 2 aliphatic heterocycles. The van der Waals surface area contributed by atoms with E-state index >= 15 is 0 Å². The molecule has 2 N–H and O–H groups in total. The number of amides is 4. The Morgan fingerprint density at radius 2 is 2.15 bits per heavy atom. The minimum absolute atomic E-state index is 0.00549. The van der Waals surface area contributed by atoms with Gasteiger partial charge in [0.2, 0.25) is 17.7 Å². The fourth-order valence-electron chi connectivity index (χ4n) is 3.36. The first-order chi connectivity index (χ1) is 13.0. The van der Waals surface area contributed by atoms with Crippen LogP contribution in [0.1, 0.15) is 28.8 Å². The van der Waals surface area contributed by atoms with E-state index in [1.807, 2.05) is 0 Å². The van der Waals surface area contributed by atoms with Crippen LogP contribution in [0, 0.1) is 0 Å².